The molecule has 1 aromatic carbocycles. The number of benzene rings is 1. The van der Waals surface area contributed by atoms with Crippen LogP contribution in [0.15, 0.2) is 48.8 Å². The van der Waals surface area contributed by atoms with Gasteiger partial charge in [0.2, 0.25) is 5.91 Å². The molecule has 0 atom stereocenters. The van der Waals surface area contributed by atoms with E-state index in [0.29, 0.717) is 44.1 Å². The summed E-state index contributed by atoms with van der Waals surface area (Å²) in [4.78, 5) is 33.2. The van der Waals surface area contributed by atoms with E-state index in [1.165, 1.54) is 0 Å². The fraction of sp³-hybridized carbons (Fsp3) is 0.556. The van der Waals surface area contributed by atoms with Crippen LogP contribution in [0.1, 0.15) is 88.6 Å². The standard InChI is InChI=1S/C36H49N5O5/c1-24(2)41-23-30(21-38-41)29-6-5-7-31(20-29)40(35(43)28-12-14-32(15-13-28)46-36(44)37-18-19-42)22-26-8-10-27(11-9-26)33-16-17-34(45-4)25(3)39-33/h5-7,16-17,20-21,23-24,26-28,32,42H,8-15,18-19,22H2,1-4H3,(H,37,44). The lowest BCUT2D eigenvalue weighted by molar-refractivity contribution is -0.124. The molecule has 10 nitrogen and oxygen atoms in total. The highest BCUT2D eigenvalue weighted by Gasteiger charge is 2.34. The summed E-state index contributed by atoms with van der Waals surface area (Å²) in [6, 6.07) is 12.6. The van der Waals surface area contributed by atoms with Gasteiger partial charge in [-0.3, -0.25) is 14.5 Å². The van der Waals surface area contributed by atoms with Gasteiger partial charge in [0.1, 0.15) is 11.9 Å². The van der Waals surface area contributed by atoms with Crippen LogP contribution in [0.4, 0.5) is 10.5 Å². The summed E-state index contributed by atoms with van der Waals surface area (Å²) in [5, 5.41) is 16.0. The van der Waals surface area contributed by atoms with Gasteiger partial charge in [-0.05, 0) is 108 Å². The molecule has 2 aliphatic rings. The van der Waals surface area contributed by atoms with Crippen LogP contribution in [-0.4, -0.2) is 64.8 Å². The topological polar surface area (TPSA) is 119 Å². The highest BCUT2D eigenvalue weighted by atomic mass is 16.6. The quantitative estimate of drug-likeness (QED) is 0.250. The minimum Gasteiger partial charge on any atom is -0.495 e. The number of hydrogen-bond donors (Lipinski definition) is 2. The Balaban J connectivity index is 1.30. The molecule has 46 heavy (non-hydrogen) atoms. The third-order valence-electron chi connectivity index (χ3n) is 9.55. The molecule has 0 saturated heterocycles. The normalized spacial score (nSPS) is 21.5. The first-order valence-corrected chi connectivity index (χ1v) is 16.8. The Labute approximate surface area is 272 Å². The molecular weight excluding hydrogens is 582 g/mol. The number of pyridine rings is 1. The van der Waals surface area contributed by atoms with Crippen LogP contribution in [0, 0.1) is 18.8 Å². The zero-order chi connectivity index (χ0) is 32.6. The van der Waals surface area contributed by atoms with Crippen molar-refractivity contribution in [3.05, 3.63) is 60.2 Å². The number of nitrogens with zero attached hydrogens (tertiary/aromatic N) is 4. The molecule has 248 valence electrons. The van der Waals surface area contributed by atoms with E-state index >= 15 is 0 Å². The van der Waals surface area contributed by atoms with Crippen LogP contribution in [0.3, 0.4) is 0 Å². The molecule has 10 heteroatoms. The Kier molecular flexibility index (Phi) is 11.3. The Hall–Kier alpha value is -3.92. The van der Waals surface area contributed by atoms with E-state index < -0.39 is 6.09 Å². The number of anilines is 1. The SMILES string of the molecule is COc1ccc(C2CCC(CN(C(=O)C3CCC(OC(=O)NCCO)CC3)c3cccc(-c4cnn(C(C)C)c4)c3)CC2)nc1C. The summed E-state index contributed by atoms with van der Waals surface area (Å²) in [6.07, 6.45) is 9.99. The van der Waals surface area contributed by atoms with E-state index in [9.17, 15) is 9.59 Å². The maximum atomic E-state index is 14.3. The molecule has 0 unspecified atom stereocenters. The minimum atomic E-state index is -0.515. The number of amides is 2. The van der Waals surface area contributed by atoms with E-state index in [0.717, 1.165) is 59.6 Å². The Morgan fingerprint density at radius 2 is 1.80 bits per heavy atom. The molecule has 2 fully saturated rings. The predicted molar refractivity (Wildman–Crippen MR) is 178 cm³/mol. The molecule has 2 amide bonds. The second-order valence-corrected chi connectivity index (χ2v) is 13.1. The number of hydrogen-bond acceptors (Lipinski definition) is 7. The van der Waals surface area contributed by atoms with Gasteiger partial charge >= 0.3 is 6.09 Å². The molecule has 2 saturated carbocycles. The lowest BCUT2D eigenvalue weighted by Gasteiger charge is -2.36. The summed E-state index contributed by atoms with van der Waals surface area (Å²) >= 11 is 0. The minimum absolute atomic E-state index is 0.129. The van der Waals surface area contributed by atoms with Crippen molar-refractivity contribution >= 4 is 17.7 Å². The second-order valence-electron chi connectivity index (χ2n) is 13.1. The van der Waals surface area contributed by atoms with Crippen LogP contribution in [-0.2, 0) is 9.53 Å². The maximum Gasteiger partial charge on any atom is 0.407 e. The van der Waals surface area contributed by atoms with Gasteiger partial charge in [0, 0.05) is 54.1 Å². The van der Waals surface area contributed by atoms with Gasteiger partial charge in [-0.1, -0.05) is 12.1 Å². The predicted octanol–water partition coefficient (Wildman–Crippen LogP) is 6.43. The van der Waals surface area contributed by atoms with E-state index in [1.54, 1.807) is 7.11 Å². The summed E-state index contributed by atoms with van der Waals surface area (Å²) in [5.74, 6) is 1.64. The summed E-state index contributed by atoms with van der Waals surface area (Å²) in [6.45, 7) is 6.91. The number of aliphatic hydroxyl groups excluding tert-OH is 1. The highest BCUT2D eigenvalue weighted by Crippen LogP contribution is 2.38. The zero-order valence-corrected chi connectivity index (χ0v) is 27.7. The van der Waals surface area contributed by atoms with E-state index in [-0.39, 0.29) is 37.1 Å². The summed E-state index contributed by atoms with van der Waals surface area (Å²) in [5.41, 5.74) is 5.03. The van der Waals surface area contributed by atoms with Crippen molar-refractivity contribution in [3.63, 3.8) is 0 Å². The zero-order valence-electron chi connectivity index (χ0n) is 27.7. The third-order valence-corrected chi connectivity index (χ3v) is 9.55. The first kappa shape index (κ1) is 33.4. The highest BCUT2D eigenvalue weighted by molar-refractivity contribution is 5.95. The molecule has 2 N–H and O–H groups in total. The van der Waals surface area contributed by atoms with Crippen molar-refractivity contribution in [2.45, 2.75) is 90.2 Å². The van der Waals surface area contributed by atoms with Crippen molar-refractivity contribution in [2.75, 3.05) is 31.7 Å². The van der Waals surface area contributed by atoms with Gasteiger partial charge in [-0.25, -0.2) is 4.79 Å². The van der Waals surface area contributed by atoms with Crippen molar-refractivity contribution in [2.24, 2.45) is 11.8 Å². The largest absolute Gasteiger partial charge is 0.495 e. The number of rotatable bonds is 11. The molecule has 2 aromatic heterocycles. The van der Waals surface area contributed by atoms with Gasteiger partial charge in [0.05, 0.1) is 25.6 Å². The van der Waals surface area contributed by atoms with Gasteiger partial charge in [0.25, 0.3) is 0 Å². The first-order chi connectivity index (χ1) is 22.2. The van der Waals surface area contributed by atoms with E-state index in [2.05, 4.69) is 48.7 Å². The molecule has 0 bridgehead atoms. The fourth-order valence-corrected chi connectivity index (χ4v) is 6.85. The molecule has 2 aliphatic carbocycles. The first-order valence-electron chi connectivity index (χ1n) is 16.8. The summed E-state index contributed by atoms with van der Waals surface area (Å²) < 4.78 is 12.9. The molecular formula is C36H49N5O5. The molecule has 5 rings (SSSR count). The summed E-state index contributed by atoms with van der Waals surface area (Å²) in [7, 11) is 1.68. The number of carbonyl (C=O) groups is 2. The van der Waals surface area contributed by atoms with E-state index in [1.807, 2.05) is 40.9 Å². The number of aromatic nitrogens is 3. The van der Waals surface area contributed by atoms with Gasteiger partial charge in [-0.15, -0.1) is 0 Å². The van der Waals surface area contributed by atoms with Crippen molar-refractivity contribution in [3.8, 4) is 16.9 Å². The van der Waals surface area contributed by atoms with Crippen molar-refractivity contribution in [1.82, 2.24) is 20.1 Å². The third kappa shape index (κ3) is 8.26. The molecule has 0 spiro atoms. The van der Waals surface area contributed by atoms with Crippen LogP contribution < -0.4 is 15.0 Å². The Bertz CT molecular complexity index is 1460. The van der Waals surface area contributed by atoms with Crippen LogP contribution in [0.25, 0.3) is 11.1 Å². The monoisotopic (exact) mass is 631 g/mol. The number of nitrogens with one attached hydrogen (secondary N) is 1. The Morgan fingerprint density at radius 3 is 2.46 bits per heavy atom. The van der Waals surface area contributed by atoms with Crippen LogP contribution in [0.2, 0.25) is 0 Å². The number of alkyl carbamates (subject to hydrolysis) is 1. The van der Waals surface area contributed by atoms with Crippen LogP contribution >= 0.6 is 0 Å². The molecule has 2 heterocycles. The molecule has 0 radical (unpaired) electrons. The second kappa shape index (κ2) is 15.6. The molecule has 0 aliphatic heterocycles. The smallest absolute Gasteiger partial charge is 0.407 e. The number of aliphatic hydroxyl groups is 1. The van der Waals surface area contributed by atoms with E-state index in [4.69, 9.17) is 19.6 Å². The lowest BCUT2D eigenvalue weighted by atomic mass is 9.79. The average Bonchev–Trinajstić information content (AvgIpc) is 3.58. The number of methoxy groups -OCH3 is 1. The number of carbonyl (C=O) groups excluding carboxylic acids is 2. The van der Waals surface area contributed by atoms with Crippen molar-refractivity contribution < 1.29 is 24.2 Å². The number of ether oxygens (including phenoxy) is 2. The average molecular weight is 632 g/mol. The maximum absolute atomic E-state index is 14.3. The number of aryl methyl sites for hydroxylation is 1. The van der Waals surface area contributed by atoms with Gasteiger partial charge < -0.3 is 24.8 Å². The van der Waals surface area contributed by atoms with Crippen molar-refractivity contribution in [1.29, 1.82) is 0 Å². The Morgan fingerprint density at radius 1 is 1.04 bits per heavy atom. The fourth-order valence-electron chi connectivity index (χ4n) is 6.85. The lowest BCUT2D eigenvalue weighted by Crippen LogP contribution is -2.42. The van der Waals surface area contributed by atoms with Gasteiger partial charge in [-0.2, -0.15) is 5.10 Å². The molecule has 3 aromatic rings. The van der Waals surface area contributed by atoms with Crippen LogP contribution in [0.5, 0.6) is 5.75 Å². The van der Waals surface area contributed by atoms with Gasteiger partial charge in [0.15, 0.2) is 0 Å².